The summed E-state index contributed by atoms with van der Waals surface area (Å²) in [6.07, 6.45) is 0.434. The number of carbonyl (C=O) groups is 3. The van der Waals surface area contributed by atoms with Crippen LogP contribution in [0.4, 0.5) is 0 Å². The first kappa shape index (κ1) is 28.0. The molecule has 5 atom stereocenters. The van der Waals surface area contributed by atoms with Gasteiger partial charge in [0.2, 0.25) is 6.10 Å². The Morgan fingerprint density at radius 1 is 1.12 bits per heavy atom. The van der Waals surface area contributed by atoms with Gasteiger partial charge in [-0.3, -0.25) is 9.59 Å². The highest BCUT2D eigenvalue weighted by Gasteiger charge is 2.52. The van der Waals surface area contributed by atoms with Gasteiger partial charge in [-0.25, -0.2) is 4.79 Å². The quantitative estimate of drug-likeness (QED) is 0.343. The van der Waals surface area contributed by atoms with E-state index in [0.29, 0.717) is 11.1 Å². The third-order valence-electron chi connectivity index (χ3n) is 5.60. The molecule has 10 heteroatoms. The van der Waals surface area contributed by atoms with Crippen molar-refractivity contribution >= 4 is 17.9 Å². The minimum atomic E-state index is -1.67. The number of fused-ring (bicyclic) bond motifs is 1. The van der Waals surface area contributed by atoms with Gasteiger partial charge in [-0.2, -0.15) is 0 Å². The second kappa shape index (κ2) is 11.9. The Balaban J connectivity index is 2.21. The number of carbonyl (C=O) groups excluding carboxylic acids is 3. The van der Waals surface area contributed by atoms with E-state index >= 15 is 0 Å². The molecule has 0 aromatic rings. The van der Waals surface area contributed by atoms with Gasteiger partial charge < -0.3 is 33.5 Å². The van der Waals surface area contributed by atoms with Crippen LogP contribution in [0.15, 0.2) is 23.3 Å². The molecule has 1 aliphatic heterocycles. The van der Waals surface area contributed by atoms with E-state index in [1.807, 2.05) is 13.8 Å². The van der Waals surface area contributed by atoms with Gasteiger partial charge in [-0.05, 0) is 17.6 Å². The summed E-state index contributed by atoms with van der Waals surface area (Å²) >= 11 is 0. The molecule has 0 saturated heterocycles. The number of hydrogen-bond acceptors (Lipinski definition) is 10. The maximum absolute atomic E-state index is 12.8. The summed E-state index contributed by atoms with van der Waals surface area (Å²) in [5, 5.41) is 11.4. The number of methoxy groups -OCH3 is 2. The Bertz CT molecular complexity index is 815. The van der Waals surface area contributed by atoms with E-state index < -0.39 is 54.7 Å². The molecule has 34 heavy (non-hydrogen) atoms. The second-order valence-corrected chi connectivity index (χ2v) is 9.23. The van der Waals surface area contributed by atoms with Gasteiger partial charge in [0.25, 0.3) is 0 Å². The first-order valence-corrected chi connectivity index (χ1v) is 11.3. The van der Waals surface area contributed by atoms with E-state index in [4.69, 9.17) is 28.4 Å². The first-order chi connectivity index (χ1) is 15.9. The van der Waals surface area contributed by atoms with Crippen LogP contribution in [-0.2, 0) is 42.8 Å². The molecular weight excluding hydrogens is 448 g/mol. The highest BCUT2D eigenvalue weighted by molar-refractivity contribution is 5.79. The average molecular weight is 485 g/mol. The lowest BCUT2D eigenvalue weighted by molar-refractivity contribution is -0.258. The minimum Gasteiger partial charge on any atom is -0.461 e. The summed E-state index contributed by atoms with van der Waals surface area (Å²) < 4.78 is 32.5. The minimum absolute atomic E-state index is 0.0836. The number of ether oxygens (including phenoxy) is 6. The summed E-state index contributed by atoms with van der Waals surface area (Å²) in [5.74, 6) is -2.74. The molecule has 2 rings (SSSR count). The van der Waals surface area contributed by atoms with Crippen LogP contribution >= 0.6 is 0 Å². The van der Waals surface area contributed by atoms with Crippen LogP contribution in [0.1, 0.15) is 41.0 Å². The van der Waals surface area contributed by atoms with Crippen LogP contribution < -0.4 is 0 Å². The molecule has 1 heterocycles. The van der Waals surface area contributed by atoms with E-state index in [-0.39, 0.29) is 24.9 Å². The molecule has 0 radical (unpaired) electrons. The molecule has 0 spiro atoms. The maximum atomic E-state index is 12.8. The van der Waals surface area contributed by atoms with Crippen molar-refractivity contribution < 1.29 is 47.9 Å². The summed E-state index contributed by atoms with van der Waals surface area (Å²) in [4.78, 5) is 36.2. The van der Waals surface area contributed by atoms with Gasteiger partial charge in [0.1, 0.15) is 18.8 Å². The fraction of sp³-hybridized carbons (Fsp3) is 0.708. The van der Waals surface area contributed by atoms with E-state index in [2.05, 4.69) is 0 Å². The maximum Gasteiger partial charge on any atom is 0.347 e. The Kier molecular flexibility index (Phi) is 9.81. The number of aliphatic hydroxyl groups is 1. The van der Waals surface area contributed by atoms with E-state index in [0.717, 1.165) is 0 Å². The third-order valence-corrected chi connectivity index (χ3v) is 5.60. The van der Waals surface area contributed by atoms with Crippen LogP contribution in [0.2, 0.25) is 0 Å². The standard InChI is InChI=1S/C24H36O10/c1-13(2)10-18(26)33-20(14(3)4)21(27)32-12-24(28)9-8-16-17(11-31-15(5)25)22(29-6)34-23(30-7)19(16)24/h8-9,13-14,19-20,22-23,28H,10-12H2,1-7H3/t19-,20-,22-,23-,24+/m1/s1. The molecule has 0 unspecified atom stereocenters. The normalized spacial score (nSPS) is 27.1. The Hall–Kier alpha value is -2.27. The first-order valence-electron chi connectivity index (χ1n) is 11.3. The van der Waals surface area contributed by atoms with Crippen molar-refractivity contribution in [2.45, 2.75) is 65.3 Å². The monoisotopic (exact) mass is 484 g/mol. The zero-order chi connectivity index (χ0) is 25.6. The largest absolute Gasteiger partial charge is 0.461 e. The Morgan fingerprint density at radius 3 is 2.32 bits per heavy atom. The molecule has 2 aliphatic rings. The predicted molar refractivity (Wildman–Crippen MR) is 119 cm³/mol. The van der Waals surface area contributed by atoms with Crippen molar-refractivity contribution in [3.05, 3.63) is 23.3 Å². The van der Waals surface area contributed by atoms with Crippen LogP contribution in [-0.4, -0.2) is 74.7 Å². The van der Waals surface area contributed by atoms with Crippen LogP contribution in [0, 0.1) is 17.8 Å². The molecular formula is C24H36O10. The molecule has 0 amide bonds. The average Bonchev–Trinajstić information content (AvgIpc) is 3.11. The Morgan fingerprint density at radius 2 is 1.79 bits per heavy atom. The number of hydrogen-bond donors (Lipinski definition) is 1. The van der Waals surface area contributed by atoms with Crippen molar-refractivity contribution in [1.29, 1.82) is 0 Å². The van der Waals surface area contributed by atoms with Crippen LogP contribution in [0.5, 0.6) is 0 Å². The molecule has 0 fully saturated rings. The summed E-state index contributed by atoms with van der Waals surface area (Å²) in [6, 6.07) is 0. The highest BCUT2D eigenvalue weighted by atomic mass is 16.8. The van der Waals surface area contributed by atoms with Gasteiger partial charge in [-0.15, -0.1) is 0 Å². The van der Waals surface area contributed by atoms with Crippen LogP contribution in [0.3, 0.4) is 0 Å². The van der Waals surface area contributed by atoms with Crippen molar-refractivity contribution in [3.8, 4) is 0 Å². The van der Waals surface area contributed by atoms with E-state index in [1.165, 1.54) is 27.2 Å². The highest BCUT2D eigenvalue weighted by Crippen LogP contribution is 2.44. The zero-order valence-corrected chi connectivity index (χ0v) is 20.9. The molecule has 0 aromatic carbocycles. The third kappa shape index (κ3) is 6.65. The van der Waals surface area contributed by atoms with Gasteiger partial charge in [0.15, 0.2) is 12.6 Å². The molecule has 1 N–H and O–H groups in total. The SMILES string of the molecule is CO[C@@H]1O[C@@H](OC)[C@H]2C(=C1COC(C)=O)C=C[C@]2(O)COC(=O)[C@H](OC(=O)CC(C)C)C(C)C. The van der Waals surface area contributed by atoms with Gasteiger partial charge in [0.05, 0.1) is 5.92 Å². The zero-order valence-electron chi connectivity index (χ0n) is 20.9. The second-order valence-electron chi connectivity index (χ2n) is 9.23. The molecule has 192 valence electrons. The predicted octanol–water partition coefficient (Wildman–Crippen LogP) is 1.90. The topological polar surface area (TPSA) is 127 Å². The van der Waals surface area contributed by atoms with Crippen molar-refractivity contribution in [2.75, 3.05) is 27.4 Å². The molecule has 0 aromatic heterocycles. The van der Waals surface area contributed by atoms with Crippen molar-refractivity contribution in [3.63, 3.8) is 0 Å². The lowest BCUT2D eigenvalue weighted by Gasteiger charge is -2.40. The number of allylic oxidation sites excluding steroid dienone is 1. The summed E-state index contributed by atoms with van der Waals surface area (Å²) in [7, 11) is 2.85. The van der Waals surface area contributed by atoms with Gasteiger partial charge in [-0.1, -0.05) is 33.8 Å². The van der Waals surface area contributed by atoms with Crippen molar-refractivity contribution in [2.24, 2.45) is 17.8 Å². The summed E-state index contributed by atoms with van der Waals surface area (Å²) in [5.41, 5.74) is -0.555. The lowest BCUT2D eigenvalue weighted by atomic mass is 9.84. The number of rotatable bonds is 11. The fourth-order valence-electron chi connectivity index (χ4n) is 3.92. The Labute approximate surface area is 200 Å². The molecule has 1 aliphatic carbocycles. The molecule has 0 saturated carbocycles. The van der Waals surface area contributed by atoms with E-state index in [9.17, 15) is 19.5 Å². The smallest absolute Gasteiger partial charge is 0.347 e. The number of esters is 3. The molecule has 0 bridgehead atoms. The van der Waals surface area contributed by atoms with Crippen molar-refractivity contribution in [1.82, 2.24) is 0 Å². The van der Waals surface area contributed by atoms with Gasteiger partial charge >= 0.3 is 17.9 Å². The van der Waals surface area contributed by atoms with Crippen LogP contribution in [0.25, 0.3) is 0 Å². The fourth-order valence-corrected chi connectivity index (χ4v) is 3.92. The van der Waals surface area contributed by atoms with Gasteiger partial charge in [0, 0.05) is 39.1 Å². The molecule has 10 nitrogen and oxygen atoms in total. The van der Waals surface area contributed by atoms with E-state index in [1.54, 1.807) is 19.9 Å². The lowest BCUT2D eigenvalue weighted by Crippen LogP contribution is -2.51. The summed E-state index contributed by atoms with van der Waals surface area (Å²) in [6.45, 7) is 7.98.